The number of hydrogen-bond donors (Lipinski definition) is 2. The number of rotatable bonds is 9. The molecule has 0 saturated heterocycles. The first-order valence-electron chi connectivity index (χ1n) is 5.25. The second-order valence-electron chi connectivity index (χ2n) is 4.41. The molecular weight excluding hydrogens is 384 g/mol. The van der Waals surface area contributed by atoms with Gasteiger partial charge in [-0.2, -0.15) is 0 Å². The Bertz CT molecular complexity index is 217. The molecule has 0 rings (SSSR count). The molecule has 2 nitrogen and oxygen atoms in total. The van der Waals surface area contributed by atoms with E-state index in [9.17, 15) is 9.79 Å². The molecule has 0 aliphatic rings. The van der Waals surface area contributed by atoms with Crippen LogP contribution < -0.4 is 0 Å². The van der Waals surface area contributed by atoms with Gasteiger partial charge in [0, 0.05) is 0 Å². The predicted octanol–water partition coefficient (Wildman–Crippen LogP) is 3.89. The summed E-state index contributed by atoms with van der Waals surface area (Å²) in [6.45, 7) is 0. The van der Waals surface area contributed by atoms with E-state index in [1.807, 2.05) is 0 Å². The molecule has 0 spiro atoms. The zero-order chi connectivity index (χ0) is 14.4. The van der Waals surface area contributed by atoms with Crippen molar-refractivity contribution in [2.75, 3.05) is 36.1 Å². The van der Waals surface area contributed by atoms with E-state index in [4.69, 9.17) is 69.6 Å². The summed E-state index contributed by atoms with van der Waals surface area (Å²) in [5.74, 6) is 0.340. The van der Waals surface area contributed by atoms with Gasteiger partial charge in [-0.1, -0.05) is 0 Å². The van der Waals surface area contributed by atoms with Crippen LogP contribution >= 0.6 is 76.7 Å². The summed E-state index contributed by atoms with van der Waals surface area (Å²) in [4.78, 5) is 21.3. The van der Waals surface area contributed by atoms with Gasteiger partial charge < -0.3 is 0 Å². The van der Waals surface area contributed by atoms with Crippen LogP contribution in [0.5, 0.6) is 0 Å². The molecule has 0 bridgehead atoms. The first-order valence-corrected chi connectivity index (χ1v) is 10.9. The van der Waals surface area contributed by atoms with Crippen molar-refractivity contribution < 1.29 is 9.79 Å². The van der Waals surface area contributed by atoms with E-state index in [2.05, 4.69) is 0 Å². The van der Waals surface area contributed by atoms with Gasteiger partial charge in [-0.05, 0) is 0 Å². The summed E-state index contributed by atoms with van der Waals surface area (Å²) in [5.41, 5.74) is 0. The molecule has 0 aromatic heterocycles. The average molecular weight is 401 g/mol. The quantitative estimate of drug-likeness (QED) is 0.455. The van der Waals surface area contributed by atoms with E-state index in [0.717, 1.165) is 0 Å². The third kappa shape index (κ3) is 7.76. The minimum atomic E-state index is -4.13. The van der Waals surface area contributed by atoms with Gasteiger partial charge in [0.1, 0.15) is 0 Å². The molecule has 2 N–H and O–H groups in total. The third-order valence-corrected chi connectivity index (χ3v) is 9.38. The molecule has 0 amide bonds. The average Bonchev–Trinajstić information content (AvgIpc) is 2.27. The molecule has 0 aliphatic heterocycles. The number of hydrogen-bond acceptors (Lipinski definition) is 2. The maximum atomic E-state index is 10.6. The van der Waals surface area contributed by atoms with Crippen LogP contribution in [-0.4, -0.2) is 62.0 Å². The van der Waals surface area contributed by atoms with E-state index < -0.39 is 23.2 Å². The maximum absolute atomic E-state index is 10.6. The van der Waals surface area contributed by atoms with Gasteiger partial charge in [0.15, 0.2) is 0 Å². The van der Waals surface area contributed by atoms with Crippen molar-refractivity contribution in [3.05, 3.63) is 0 Å². The standard InChI is InChI=1S/C9H17Cl6O2P/c10-1-7(13)4-18(16,17,5-8(14)2-11)6-9(15)3-12/h7-9,16-17H,1-6H2. The Hall–Kier alpha value is 2.09. The van der Waals surface area contributed by atoms with Crippen LogP contribution in [0.15, 0.2) is 0 Å². The van der Waals surface area contributed by atoms with E-state index in [1.165, 1.54) is 0 Å². The fraction of sp³-hybridized carbons (Fsp3) is 1.00. The van der Waals surface area contributed by atoms with E-state index >= 15 is 0 Å². The normalized spacial score (nSPS) is 19.9. The second kappa shape index (κ2) is 8.51. The molecule has 0 heterocycles. The molecule has 3 unspecified atom stereocenters. The van der Waals surface area contributed by atoms with Crippen molar-refractivity contribution in [2.24, 2.45) is 0 Å². The molecule has 3 atom stereocenters. The third-order valence-electron chi connectivity index (χ3n) is 2.36. The Morgan fingerprint density at radius 1 is 0.667 bits per heavy atom. The van der Waals surface area contributed by atoms with Crippen LogP contribution in [0.1, 0.15) is 0 Å². The Morgan fingerprint density at radius 3 is 1.06 bits per heavy atom. The summed E-state index contributed by atoms with van der Waals surface area (Å²) in [6, 6.07) is 0. The van der Waals surface area contributed by atoms with Crippen molar-refractivity contribution >= 4 is 76.7 Å². The van der Waals surface area contributed by atoms with Crippen LogP contribution in [0, 0.1) is 0 Å². The van der Waals surface area contributed by atoms with Crippen molar-refractivity contribution in [1.29, 1.82) is 0 Å². The Labute approximate surface area is 138 Å². The first kappa shape index (κ1) is 20.1. The second-order valence-corrected chi connectivity index (χ2v) is 11.5. The van der Waals surface area contributed by atoms with E-state index in [-0.39, 0.29) is 36.1 Å². The van der Waals surface area contributed by atoms with Gasteiger partial charge in [0.25, 0.3) is 0 Å². The molecular formula is C9H17Cl6O2P. The Kier molecular flexibility index (Phi) is 9.50. The molecule has 0 aromatic rings. The van der Waals surface area contributed by atoms with Gasteiger partial charge in [0.2, 0.25) is 0 Å². The van der Waals surface area contributed by atoms with E-state index in [0.29, 0.717) is 0 Å². The minimum absolute atomic E-state index is 0.0309. The van der Waals surface area contributed by atoms with Crippen molar-refractivity contribution in [2.45, 2.75) is 16.1 Å². The zero-order valence-electron chi connectivity index (χ0n) is 9.58. The fourth-order valence-electron chi connectivity index (χ4n) is 1.74. The zero-order valence-corrected chi connectivity index (χ0v) is 15.0. The van der Waals surface area contributed by atoms with Crippen LogP contribution in [0.4, 0.5) is 0 Å². The summed E-state index contributed by atoms with van der Waals surface area (Å²) in [7, 11) is -4.13. The van der Waals surface area contributed by atoms with Gasteiger partial charge in [-0.3, -0.25) is 0 Å². The van der Waals surface area contributed by atoms with E-state index in [1.54, 1.807) is 0 Å². The van der Waals surface area contributed by atoms with Gasteiger partial charge in [0.05, 0.1) is 0 Å². The molecule has 0 aromatic carbocycles. The van der Waals surface area contributed by atoms with Gasteiger partial charge in [-0.25, -0.2) is 0 Å². The molecule has 112 valence electrons. The van der Waals surface area contributed by atoms with Crippen LogP contribution in [0.25, 0.3) is 0 Å². The molecule has 0 saturated carbocycles. The summed E-state index contributed by atoms with van der Waals surface area (Å²) in [6.07, 6.45) is -0.0926. The summed E-state index contributed by atoms with van der Waals surface area (Å²) in [5, 5.41) is -1.67. The summed E-state index contributed by atoms with van der Waals surface area (Å²) >= 11 is 34.6. The van der Waals surface area contributed by atoms with Crippen LogP contribution in [0.2, 0.25) is 0 Å². The first-order chi connectivity index (χ1) is 8.15. The van der Waals surface area contributed by atoms with Crippen molar-refractivity contribution in [3.63, 3.8) is 0 Å². The molecule has 0 fully saturated rings. The monoisotopic (exact) mass is 398 g/mol. The van der Waals surface area contributed by atoms with Crippen LogP contribution in [0.3, 0.4) is 0 Å². The Balaban J connectivity index is 4.97. The van der Waals surface area contributed by atoms with Gasteiger partial charge >= 0.3 is 139 Å². The van der Waals surface area contributed by atoms with Gasteiger partial charge in [-0.15, -0.1) is 0 Å². The van der Waals surface area contributed by atoms with Crippen molar-refractivity contribution in [3.8, 4) is 0 Å². The predicted molar refractivity (Wildman–Crippen MR) is 87.0 cm³/mol. The topological polar surface area (TPSA) is 40.5 Å². The molecule has 9 heteroatoms. The number of halogens is 6. The summed E-state index contributed by atoms with van der Waals surface area (Å²) < 4.78 is 0. The number of alkyl halides is 6. The van der Waals surface area contributed by atoms with Crippen LogP contribution in [-0.2, 0) is 0 Å². The molecule has 0 radical (unpaired) electrons. The SMILES string of the molecule is OP(O)(CC(Cl)CCl)(CC(Cl)CCl)CC(Cl)CCl. The fourth-order valence-corrected chi connectivity index (χ4v) is 8.97. The molecule has 0 aliphatic carbocycles. The Morgan fingerprint density at radius 2 is 0.889 bits per heavy atom. The van der Waals surface area contributed by atoms with Crippen molar-refractivity contribution in [1.82, 2.24) is 0 Å². The molecule has 18 heavy (non-hydrogen) atoms.